The predicted octanol–water partition coefficient (Wildman–Crippen LogP) is 3.19. The third-order valence-corrected chi connectivity index (χ3v) is 3.51. The van der Waals surface area contributed by atoms with Gasteiger partial charge >= 0.3 is 7.69 Å². The van der Waals surface area contributed by atoms with Gasteiger partial charge < -0.3 is 10.0 Å². The summed E-state index contributed by atoms with van der Waals surface area (Å²) in [5.74, 6) is -0.729. The van der Waals surface area contributed by atoms with Gasteiger partial charge in [0.05, 0.1) is 0 Å². The third-order valence-electron chi connectivity index (χ3n) is 3.51. The molecule has 0 amide bonds. The van der Waals surface area contributed by atoms with Gasteiger partial charge in [0, 0.05) is 5.56 Å². The number of halogens is 2. The number of hydrogen-bond acceptors (Lipinski definition) is 2. The second kappa shape index (κ2) is 8.87. The highest BCUT2D eigenvalue weighted by Crippen LogP contribution is 2.33. The summed E-state index contributed by atoms with van der Waals surface area (Å²) < 4.78 is 26.7. The van der Waals surface area contributed by atoms with Gasteiger partial charge in [-0.15, -0.1) is 0 Å². The molecule has 1 aromatic rings. The second-order valence-electron chi connectivity index (χ2n) is 4.90. The van der Waals surface area contributed by atoms with E-state index >= 15 is 0 Å². The summed E-state index contributed by atoms with van der Waals surface area (Å²) in [5, 5.41) is 14.2. The molecule has 0 aliphatic heterocycles. The Labute approximate surface area is 119 Å². The molecule has 0 saturated carbocycles. The fraction of sp³-hybridized carbons (Fsp3) is 0.467. The van der Waals surface area contributed by atoms with Gasteiger partial charge in [-0.05, 0) is 36.8 Å². The van der Waals surface area contributed by atoms with E-state index in [1.54, 1.807) is 12.1 Å². The molecule has 110 valence electrons. The zero-order chi connectivity index (χ0) is 15.0. The van der Waals surface area contributed by atoms with Gasteiger partial charge in [0.25, 0.3) is 0 Å². The molecule has 1 aliphatic carbocycles. The molecule has 2 rings (SSSR count). The lowest BCUT2D eigenvalue weighted by Gasteiger charge is -2.21. The first-order valence-corrected chi connectivity index (χ1v) is 6.99. The minimum atomic E-state index is -0.751. The van der Waals surface area contributed by atoms with Crippen molar-refractivity contribution >= 4 is 13.3 Å². The van der Waals surface area contributed by atoms with Crippen LogP contribution in [0.1, 0.15) is 44.6 Å². The van der Waals surface area contributed by atoms with Crippen molar-refractivity contribution in [1.82, 2.24) is 0 Å². The zero-order valence-electron chi connectivity index (χ0n) is 11.8. The van der Waals surface area contributed by atoms with Crippen molar-refractivity contribution in [3.8, 4) is 0 Å². The topological polar surface area (TPSA) is 40.5 Å². The first-order chi connectivity index (χ1) is 9.63. The van der Waals surface area contributed by atoms with Crippen LogP contribution in [-0.4, -0.2) is 17.7 Å². The Bertz CT molecular complexity index is 449. The SMILES string of the molecule is CCCC1CC=C(c2cccc(F)c2F)CC1.OBO. The highest BCUT2D eigenvalue weighted by molar-refractivity contribution is 6.13. The summed E-state index contributed by atoms with van der Waals surface area (Å²) in [4.78, 5) is 0. The molecule has 0 spiro atoms. The molecule has 0 saturated heterocycles. The molecule has 2 nitrogen and oxygen atoms in total. The number of rotatable bonds is 3. The highest BCUT2D eigenvalue weighted by Gasteiger charge is 2.18. The maximum Gasteiger partial charge on any atom is 0.432 e. The second-order valence-corrected chi connectivity index (χ2v) is 4.90. The molecule has 5 heteroatoms. The lowest BCUT2D eigenvalue weighted by molar-refractivity contribution is 0.443. The monoisotopic (exact) mass is 282 g/mol. The zero-order valence-corrected chi connectivity index (χ0v) is 11.8. The van der Waals surface area contributed by atoms with E-state index in [0.717, 1.165) is 30.8 Å². The van der Waals surface area contributed by atoms with E-state index in [9.17, 15) is 8.78 Å². The molecule has 0 radical (unpaired) electrons. The van der Waals surface area contributed by atoms with E-state index in [1.165, 1.54) is 18.9 Å². The minimum absolute atomic E-state index is 0.444. The van der Waals surface area contributed by atoms with Crippen LogP contribution in [0.25, 0.3) is 5.57 Å². The molecular formula is C15H21BF2O2. The summed E-state index contributed by atoms with van der Waals surface area (Å²) in [5.41, 5.74) is 1.41. The molecule has 1 unspecified atom stereocenters. The first-order valence-electron chi connectivity index (χ1n) is 6.99. The molecule has 1 atom stereocenters. The van der Waals surface area contributed by atoms with Gasteiger partial charge in [0.2, 0.25) is 0 Å². The van der Waals surface area contributed by atoms with Gasteiger partial charge in [-0.3, -0.25) is 0 Å². The van der Waals surface area contributed by atoms with E-state index in [0.29, 0.717) is 5.56 Å². The van der Waals surface area contributed by atoms with Crippen LogP contribution < -0.4 is 0 Å². The van der Waals surface area contributed by atoms with Crippen molar-refractivity contribution in [3.63, 3.8) is 0 Å². The lowest BCUT2D eigenvalue weighted by Crippen LogP contribution is -2.06. The Hall–Kier alpha value is -1.20. The summed E-state index contributed by atoms with van der Waals surface area (Å²) in [6.07, 6.45) is 7.47. The van der Waals surface area contributed by atoms with Crippen LogP contribution in [-0.2, 0) is 0 Å². The summed E-state index contributed by atoms with van der Waals surface area (Å²) >= 11 is 0. The number of hydrogen-bond donors (Lipinski definition) is 2. The quantitative estimate of drug-likeness (QED) is 0.836. The smallest absolute Gasteiger partial charge is 0.430 e. The Morgan fingerprint density at radius 3 is 2.55 bits per heavy atom. The summed E-state index contributed by atoms with van der Waals surface area (Å²) in [7, 11) is -0.750. The molecule has 1 aliphatic rings. The van der Waals surface area contributed by atoms with Crippen molar-refractivity contribution in [2.24, 2.45) is 5.92 Å². The third kappa shape index (κ3) is 4.73. The van der Waals surface area contributed by atoms with Gasteiger partial charge in [-0.2, -0.15) is 0 Å². The van der Waals surface area contributed by atoms with Crippen molar-refractivity contribution in [2.45, 2.75) is 39.0 Å². The van der Waals surface area contributed by atoms with Crippen LogP contribution in [0.5, 0.6) is 0 Å². The Balaban J connectivity index is 0.000000612. The van der Waals surface area contributed by atoms with Gasteiger partial charge in [0.1, 0.15) is 0 Å². The normalized spacial score (nSPS) is 17.9. The maximum absolute atomic E-state index is 13.6. The maximum atomic E-state index is 13.6. The molecule has 0 bridgehead atoms. The average molecular weight is 282 g/mol. The van der Waals surface area contributed by atoms with Crippen molar-refractivity contribution in [2.75, 3.05) is 0 Å². The van der Waals surface area contributed by atoms with Crippen molar-refractivity contribution in [1.29, 1.82) is 0 Å². The molecule has 20 heavy (non-hydrogen) atoms. The van der Waals surface area contributed by atoms with Crippen LogP contribution in [0.2, 0.25) is 0 Å². The van der Waals surface area contributed by atoms with Crippen molar-refractivity contribution in [3.05, 3.63) is 41.5 Å². The molecular weight excluding hydrogens is 261 g/mol. The van der Waals surface area contributed by atoms with E-state index in [2.05, 4.69) is 13.0 Å². The van der Waals surface area contributed by atoms with Crippen LogP contribution >= 0.6 is 0 Å². The predicted molar refractivity (Wildman–Crippen MR) is 78.2 cm³/mol. The van der Waals surface area contributed by atoms with Gasteiger partial charge in [-0.25, -0.2) is 8.78 Å². The lowest BCUT2D eigenvalue weighted by atomic mass is 9.84. The summed E-state index contributed by atoms with van der Waals surface area (Å²) in [6, 6.07) is 4.42. The molecule has 0 heterocycles. The molecule has 0 aromatic heterocycles. The summed E-state index contributed by atoms with van der Waals surface area (Å²) in [6.45, 7) is 2.19. The van der Waals surface area contributed by atoms with E-state index < -0.39 is 19.3 Å². The van der Waals surface area contributed by atoms with E-state index in [4.69, 9.17) is 10.0 Å². The Kier molecular flexibility index (Phi) is 7.48. The fourth-order valence-electron chi connectivity index (χ4n) is 2.56. The largest absolute Gasteiger partial charge is 0.432 e. The van der Waals surface area contributed by atoms with Crippen LogP contribution in [0, 0.1) is 17.6 Å². The minimum Gasteiger partial charge on any atom is -0.430 e. The van der Waals surface area contributed by atoms with Crippen molar-refractivity contribution < 1.29 is 18.8 Å². The van der Waals surface area contributed by atoms with E-state index in [1.807, 2.05) is 0 Å². The molecule has 0 fully saturated rings. The highest BCUT2D eigenvalue weighted by atomic mass is 19.2. The van der Waals surface area contributed by atoms with Gasteiger partial charge in [-0.1, -0.05) is 38.0 Å². The Morgan fingerprint density at radius 1 is 1.30 bits per heavy atom. The van der Waals surface area contributed by atoms with Crippen LogP contribution in [0.4, 0.5) is 8.78 Å². The number of benzene rings is 1. The first kappa shape index (κ1) is 16.9. The van der Waals surface area contributed by atoms with Gasteiger partial charge in [0.15, 0.2) is 11.6 Å². The van der Waals surface area contributed by atoms with E-state index in [-0.39, 0.29) is 0 Å². The number of allylic oxidation sites excluding steroid dienone is 2. The molecule has 2 N–H and O–H groups in total. The average Bonchev–Trinajstić information content (AvgIpc) is 2.44. The molecule has 1 aromatic carbocycles. The standard InChI is InChI=1S/C15H18F2.BH3O2/c1-2-4-11-7-9-12(10-8-11)13-5-3-6-14(16)15(13)17;2-1-3/h3,5-6,9,11H,2,4,7-8,10H2,1H3;1-3H. The van der Waals surface area contributed by atoms with Crippen LogP contribution in [0.15, 0.2) is 24.3 Å². The van der Waals surface area contributed by atoms with Crippen LogP contribution in [0.3, 0.4) is 0 Å². The Morgan fingerprint density at radius 2 is 2.00 bits per heavy atom. The fourth-order valence-corrected chi connectivity index (χ4v) is 2.56.